The number of imidazole rings is 1. The van der Waals surface area contributed by atoms with E-state index in [0.29, 0.717) is 6.04 Å². The Kier molecular flexibility index (Phi) is 4.21. The molecule has 2 aromatic heterocycles. The predicted molar refractivity (Wildman–Crippen MR) is 97.6 cm³/mol. The number of nitrogens with zero attached hydrogens (tertiary/aromatic N) is 3. The topological polar surface area (TPSA) is 42.7 Å². The molecule has 124 valence electrons. The summed E-state index contributed by atoms with van der Waals surface area (Å²) in [6, 6.07) is 8.97. The van der Waals surface area contributed by atoms with Gasteiger partial charge in [0, 0.05) is 42.0 Å². The van der Waals surface area contributed by atoms with Crippen molar-refractivity contribution in [2.24, 2.45) is 0 Å². The van der Waals surface area contributed by atoms with E-state index in [1.807, 2.05) is 19.3 Å². The zero-order valence-electron chi connectivity index (χ0n) is 14.1. The fourth-order valence-electron chi connectivity index (χ4n) is 2.91. The first-order valence-corrected chi connectivity index (χ1v) is 9.36. The van der Waals surface area contributed by atoms with E-state index < -0.39 is 0 Å². The first-order valence-electron chi connectivity index (χ1n) is 8.48. The summed E-state index contributed by atoms with van der Waals surface area (Å²) in [5.74, 6) is 1.75. The van der Waals surface area contributed by atoms with E-state index in [1.165, 1.54) is 29.1 Å². The minimum Gasteiger partial charge on any atom is -0.304 e. The maximum absolute atomic E-state index is 4.74. The van der Waals surface area contributed by atoms with Gasteiger partial charge in [-0.05, 0) is 44.4 Å². The fourth-order valence-corrected chi connectivity index (χ4v) is 3.73. The maximum atomic E-state index is 4.74. The number of aromatic nitrogens is 3. The van der Waals surface area contributed by atoms with E-state index in [9.17, 15) is 0 Å². The molecule has 4 nitrogen and oxygen atoms in total. The average molecular weight is 338 g/mol. The normalized spacial score (nSPS) is 15.6. The van der Waals surface area contributed by atoms with Crippen LogP contribution >= 0.6 is 11.3 Å². The van der Waals surface area contributed by atoms with Crippen molar-refractivity contribution in [3.05, 3.63) is 64.1 Å². The lowest BCUT2D eigenvalue weighted by molar-refractivity contribution is 0.572. The van der Waals surface area contributed by atoms with Gasteiger partial charge in [0.15, 0.2) is 0 Å². The van der Waals surface area contributed by atoms with Gasteiger partial charge in [0.2, 0.25) is 0 Å². The molecule has 0 amide bonds. The van der Waals surface area contributed by atoms with Crippen LogP contribution in [-0.2, 0) is 6.54 Å². The SMILES string of the molecule is Cc1nccn1-c1ccc(C(C)NCc2nc(C3CC3)cs2)cc1. The fraction of sp³-hybridized carbons (Fsp3) is 0.368. The van der Waals surface area contributed by atoms with Crippen LogP contribution in [-0.4, -0.2) is 14.5 Å². The van der Waals surface area contributed by atoms with E-state index in [-0.39, 0.29) is 0 Å². The first-order chi connectivity index (χ1) is 11.7. The Morgan fingerprint density at radius 2 is 2.08 bits per heavy atom. The largest absolute Gasteiger partial charge is 0.304 e. The zero-order chi connectivity index (χ0) is 16.5. The maximum Gasteiger partial charge on any atom is 0.110 e. The third-order valence-corrected chi connectivity index (χ3v) is 5.49. The molecule has 4 rings (SSSR count). The van der Waals surface area contributed by atoms with Gasteiger partial charge in [0.05, 0.1) is 5.69 Å². The smallest absolute Gasteiger partial charge is 0.110 e. The lowest BCUT2D eigenvalue weighted by Gasteiger charge is -2.14. The molecule has 0 aliphatic heterocycles. The van der Waals surface area contributed by atoms with Crippen LogP contribution in [0.2, 0.25) is 0 Å². The van der Waals surface area contributed by atoms with Crippen molar-refractivity contribution in [3.63, 3.8) is 0 Å². The van der Waals surface area contributed by atoms with Crippen LogP contribution in [0.25, 0.3) is 5.69 Å². The van der Waals surface area contributed by atoms with E-state index in [0.717, 1.165) is 24.0 Å². The molecule has 0 bridgehead atoms. The highest BCUT2D eigenvalue weighted by Crippen LogP contribution is 2.40. The molecule has 2 heterocycles. The van der Waals surface area contributed by atoms with Crippen LogP contribution in [0.15, 0.2) is 42.0 Å². The summed E-state index contributed by atoms with van der Waals surface area (Å²) in [4.78, 5) is 9.02. The van der Waals surface area contributed by atoms with E-state index in [1.54, 1.807) is 11.3 Å². The van der Waals surface area contributed by atoms with Crippen LogP contribution in [0.1, 0.15) is 53.8 Å². The van der Waals surface area contributed by atoms with Crippen molar-refractivity contribution in [1.82, 2.24) is 19.9 Å². The number of hydrogen-bond donors (Lipinski definition) is 1. The Bertz CT molecular complexity index is 814. The second-order valence-electron chi connectivity index (χ2n) is 6.48. The Hall–Kier alpha value is -1.98. The Labute approximate surface area is 146 Å². The molecule has 1 unspecified atom stereocenters. The Balaban J connectivity index is 1.38. The van der Waals surface area contributed by atoms with Crippen LogP contribution in [0.3, 0.4) is 0 Å². The van der Waals surface area contributed by atoms with Crippen molar-refractivity contribution in [2.45, 2.75) is 45.2 Å². The second-order valence-corrected chi connectivity index (χ2v) is 7.42. The molecule has 1 aliphatic rings. The molecule has 1 atom stereocenters. The van der Waals surface area contributed by atoms with Crippen molar-refractivity contribution in [2.75, 3.05) is 0 Å². The summed E-state index contributed by atoms with van der Waals surface area (Å²) in [6.45, 7) is 5.05. The lowest BCUT2D eigenvalue weighted by Crippen LogP contribution is -2.18. The monoisotopic (exact) mass is 338 g/mol. The quantitative estimate of drug-likeness (QED) is 0.726. The highest BCUT2D eigenvalue weighted by Gasteiger charge is 2.25. The Morgan fingerprint density at radius 1 is 1.29 bits per heavy atom. The minimum absolute atomic E-state index is 0.302. The summed E-state index contributed by atoms with van der Waals surface area (Å²) in [5, 5.41) is 7.00. The Morgan fingerprint density at radius 3 is 2.75 bits per heavy atom. The van der Waals surface area contributed by atoms with Crippen LogP contribution < -0.4 is 5.32 Å². The van der Waals surface area contributed by atoms with Crippen molar-refractivity contribution in [1.29, 1.82) is 0 Å². The van der Waals surface area contributed by atoms with Gasteiger partial charge in [0.25, 0.3) is 0 Å². The highest BCUT2D eigenvalue weighted by molar-refractivity contribution is 7.09. The zero-order valence-corrected chi connectivity index (χ0v) is 14.9. The first kappa shape index (κ1) is 15.5. The molecule has 5 heteroatoms. The summed E-state index contributed by atoms with van der Waals surface area (Å²) in [6.07, 6.45) is 6.45. The molecule has 0 saturated heterocycles. The van der Waals surface area contributed by atoms with Gasteiger partial charge >= 0.3 is 0 Å². The molecule has 3 aromatic rings. The minimum atomic E-state index is 0.302. The molecule has 1 N–H and O–H groups in total. The molecular weight excluding hydrogens is 316 g/mol. The van der Waals surface area contributed by atoms with E-state index >= 15 is 0 Å². The summed E-state index contributed by atoms with van der Waals surface area (Å²) >= 11 is 1.77. The third-order valence-electron chi connectivity index (χ3n) is 4.62. The third kappa shape index (κ3) is 3.28. The van der Waals surface area contributed by atoms with E-state index in [2.05, 4.69) is 51.4 Å². The number of hydrogen-bond acceptors (Lipinski definition) is 4. The van der Waals surface area contributed by atoms with Gasteiger partial charge in [-0.2, -0.15) is 0 Å². The summed E-state index contributed by atoms with van der Waals surface area (Å²) < 4.78 is 2.09. The van der Waals surface area contributed by atoms with Gasteiger partial charge in [-0.1, -0.05) is 12.1 Å². The number of benzene rings is 1. The number of rotatable bonds is 6. The molecule has 1 fully saturated rings. The van der Waals surface area contributed by atoms with Gasteiger partial charge in [-0.15, -0.1) is 11.3 Å². The molecule has 1 aliphatic carbocycles. The highest BCUT2D eigenvalue weighted by atomic mass is 32.1. The van der Waals surface area contributed by atoms with Gasteiger partial charge < -0.3 is 9.88 Å². The van der Waals surface area contributed by atoms with Gasteiger partial charge in [0.1, 0.15) is 10.8 Å². The molecular formula is C19H22N4S. The average Bonchev–Trinajstić information content (AvgIpc) is 3.19. The van der Waals surface area contributed by atoms with Crippen molar-refractivity contribution in [3.8, 4) is 5.69 Å². The van der Waals surface area contributed by atoms with Crippen LogP contribution in [0.4, 0.5) is 0 Å². The summed E-state index contributed by atoms with van der Waals surface area (Å²) in [5.41, 5.74) is 3.73. The molecule has 0 spiro atoms. The van der Waals surface area contributed by atoms with Crippen LogP contribution in [0, 0.1) is 6.92 Å². The number of nitrogens with one attached hydrogen (secondary N) is 1. The number of thiazole rings is 1. The van der Waals surface area contributed by atoms with Crippen LogP contribution in [0.5, 0.6) is 0 Å². The molecule has 1 saturated carbocycles. The van der Waals surface area contributed by atoms with E-state index in [4.69, 9.17) is 4.98 Å². The van der Waals surface area contributed by atoms with Crippen molar-refractivity contribution < 1.29 is 0 Å². The second kappa shape index (κ2) is 6.49. The molecule has 0 radical (unpaired) electrons. The molecule has 24 heavy (non-hydrogen) atoms. The standard InChI is InChI=1S/C19H22N4S/c1-13(21-11-19-22-18(12-24-19)16-3-4-16)15-5-7-17(8-6-15)23-10-9-20-14(23)2/h5-10,12-13,16,21H,3-4,11H2,1-2H3. The lowest BCUT2D eigenvalue weighted by atomic mass is 10.1. The summed E-state index contributed by atoms with van der Waals surface area (Å²) in [7, 11) is 0. The van der Waals surface area contributed by atoms with Gasteiger partial charge in [-0.3, -0.25) is 0 Å². The molecule has 1 aromatic carbocycles. The number of aryl methyl sites for hydroxylation is 1. The van der Waals surface area contributed by atoms with Crippen molar-refractivity contribution >= 4 is 11.3 Å². The van der Waals surface area contributed by atoms with Gasteiger partial charge in [-0.25, -0.2) is 9.97 Å². The predicted octanol–water partition coefficient (Wildman–Crippen LogP) is 4.37.